The van der Waals surface area contributed by atoms with Crippen molar-refractivity contribution in [1.82, 2.24) is 14.8 Å². The Bertz CT molecular complexity index is 1140. The first-order chi connectivity index (χ1) is 14.4. The molecule has 0 bridgehead atoms. The van der Waals surface area contributed by atoms with Gasteiger partial charge in [0.25, 0.3) is 0 Å². The zero-order valence-electron chi connectivity index (χ0n) is 17.1. The van der Waals surface area contributed by atoms with Gasteiger partial charge in [-0.3, -0.25) is 14.5 Å². The van der Waals surface area contributed by atoms with Crippen LogP contribution in [0.25, 0.3) is 22.0 Å². The number of fused-ring (bicyclic) bond motifs is 1. The SMILES string of the molecule is C=C(COc1cc(-c2cnn(C(C)C)c2)cc2ncccc12)/C(=C\C=C/N)C(N)=O. The minimum Gasteiger partial charge on any atom is -0.488 e. The van der Waals surface area contributed by atoms with Crippen LogP contribution in [-0.2, 0) is 4.79 Å². The Morgan fingerprint density at radius 3 is 2.80 bits per heavy atom. The minimum absolute atomic E-state index is 0.0892. The second kappa shape index (κ2) is 9.09. The van der Waals surface area contributed by atoms with E-state index >= 15 is 0 Å². The van der Waals surface area contributed by atoms with Gasteiger partial charge in [0, 0.05) is 35.0 Å². The Balaban J connectivity index is 1.94. The molecule has 2 aromatic heterocycles. The summed E-state index contributed by atoms with van der Waals surface area (Å²) in [5.41, 5.74) is 14.2. The van der Waals surface area contributed by atoms with E-state index in [2.05, 4.69) is 30.5 Å². The van der Waals surface area contributed by atoms with Crippen LogP contribution in [0, 0.1) is 0 Å². The van der Waals surface area contributed by atoms with E-state index in [-0.39, 0.29) is 18.2 Å². The van der Waals surface area contributed by atoms with Crippen molar-refractivity contribution in [3.8, 4) is 16.9 Å². The summed E-state index contributed by atoms with van der Waals surface area (Å²) in [6.45, 7) is 8.16. The van der Waals surface area contributed by atoms with Crippen molar-refractivity contribution in [2.75, 3.05) is 6.61 Å². The van der Waals surface area contributed by atoms with Gasteiger partial charge in [-0.25, -0.2) is 0 Å². The van der Waals surface area contributed by atoms with Crippen LogP contribution in [-0.4, -0.2) is 27.3 Å². The summed E-state index contributed by atoms with van der Waals surface area (Å²) in [6.07, 6.45) is 9.91. The molecule has 0 spiro atoms. The first kappa shape index (κ1) is 20.9. The summed E-state index contributed by atoms with van der Waals surface area (Å²) in [7, 11) is 0. The van der Waals surface area contributed by atoms with Gasteiger partial charge >= 0.3 is 0 Å². The summed E-state index contributed by atoms with van der Waals surface area (Å²) in [4.78, 5) is 16.2. The number of hydrogen-bond acceptors (Lipinski definition) is 5. The van der Waals surface area contributed by atoms with Crippen LogP contribution in [0.5, 0.6) is 5.75 Å². The molecule has 3 aromatic rings. The zero-order chi connectivity index (χ0) is 21.7. The largest absolute Gasteiger partial charge is 0.488 e. The second-order valence-electron chi connectivity index (χ2n) is 7.07. The number of nitrogens with zero attached hydrogens (tertiary/aromatic N) is 3. The van der Waals surface area contributed by atoms with Crippen molar-refractivity contribution in [1.29, 1.82) is 0 Å². The van der Waals surface area contributed by atoms with Crippen molar-refractivity contribution < 1.29 is 9.53 Å². The number of aromatic nitrogens is 3. The van der Waals surface area contributed by atoms with E-state index in [0.717, 1.165) is 22.0 Å². The topological polar surface area (TPSA) is 109 Å². The van der Waals surface area contributed by atoms with Gasteiger partial charge in [0.05, 0.1) is 11.7 Å². The van der Waals surface area contributed by atoms with Gasteiger partial charge in [0.15, 0.2) is 0 Å². The number of pyridine rings is 1. The highest BCUT2D eigenvalue weighted by atomic mass is 16.5. The van der Waals surface area contributed by atoms with Crippen molar-refractivity contribution in [2.45, 2.75) is 19.9 Å². The Morgan fingerprint density at radius 2 is 2.13 bits per heavy atom. The van der Waals surface area contributed by atoms with E-state index in [9.17, 15) is 4.79 Å². The molecule has 1 aromatic carbocycles. The van der Waals surface area contributed by atoms with Crippen LogP contribution in [0.4, 0.5) is 0 Å². The number of amides is 1. The predicted octanol–water partition coefficient (Wildman–Crippen LogP) is 3.50. The lowest BCUT2D eigenvalue weighted by Gasteiger charge is -2.13. The molecule has 0 fully saturated rings. The number of nitrogens with two attached hydrogens (primary N) is 2. The summed E-state index contributed by atoms with van der Waals surface area (Å²) in [5.74, 6) is 0.0373. The van der Waals surface area contributed by atoms with E-state index in [1.807, 2.05) is 41.3 Å². The van der Waals surface area contributed by atoms with Gasteiger partial charge in [0.1, 0.15) is 12.4 Å². The normalized spacial score (nSPS) is 12.0. The Hall–Kier alpha value is -3.87. The number of primary amides is 1. The number of carbonyl (C=O) groups excluding carboxylic acids is 1. The number of benzene rings is 1. The van der Waals surface area contributed by atoms with Gasteiger partial charge in [-0.2, -0.15) is 5.10 Å². The van der Waals surface area contributed by atoms with Gasteiger partial charge in [-0.05, 0) is 67.6 Å². The van der Waals surface area contributed by atoms with Crippen molar-refractivity contribution >= 4 is 16.8 Å². The fourth-order valence-electron chi connectivity index (χ4n) is 2.97. The van der Waals surface area contributed by atoms with E-state index < -0.39 is 5.91 Å². The molecule has 0 aliphatic heterocycles. The molecule has 0 aliphatic carbocycles. The Labute approximate surface area is 175 Å². The first-order valence-corrected chi connectivity index (χ1v) is 9.53. The van der Waals surface area contributed by atoms with E-state index in [1.165, 1.54) is 18.4 Å². The second-order valence-corrected chi connectivity index (χ2v) is 7.07. The van der Waals surface area contributed by atoms with Crippen LogP contribution < -0.4 is 16.2 Å². The van der Waals surface area contributed by atoms with Gasteiger partial charge in [-0.15, -0.1) is 0 Å². The number of rotatable bonds is 8. The van der Waals surface area contributed by atoms with Crippen molar-refractivity contribution in [2.24, 2.45) is 11.5 Å². The maximum atomic E-state index is 11.7. The molecule has 7 nitrogen and oxygen atoms in total. The molecular formula is C23H25N5O2. The number of carbonyl (C=O) groups is 1. The maximum absolute atomic E-state index is 11.7. The molecule has 4 N–H and O–H groups in total. The van der Waals surface area contributed by atoms with Gasteiger partial charge in [-0.1, -0.05) is 6.58 Å². The third kappa shape index (κ3) is 4.57. The molecule has 2 heterocycles. The van der Waals surface area contributed by atoms with Crippen LogP contribution in [0.1, 0.15) is 19.9 Å². The highest BCUT2D eigenvalue weighted by Gasteiger charge is 2.13. The minimum atomic E-state index is -0.594. The number of ether oxygens (including phenoxy) is 1. The summed E-state index contributed by atoms with van der Waals surface area (Å²) in [6, 6.07) is 7.98. The summed E-state index contributed by atoms with van der Waals surface area (Å²) in [5, 5.41) is 5.27. The smallest absolute Gasteiger partial charge is 0.249 e. The molecule has 154 valence electrons. The van der Waals surface area contributed by atoms with E-state index in [1.54, 1.807) is 6.20 Å². The van der Waals surface area contributed by atoms with E-state index in [4.69, 9.17) is 16.2 Å². The molecule has 30 heavy (non-hydrogen) atoms. The van der Waals surface area contributed by atoms with Gasteiger partial charge in [0.2, 0.25) is 5.91 Å². The highest BCUT2D eigenvalue weighted by molar-refractivity contribution is 5.96. The molecular weight excluding hydrogens is 378 g/mol. The van der Waals surface area contributed by atoms with Crippen LogP contribution in [0.2, 0.25) is 0 Å². The third-order valence-corrected chi connectivity index (χ3v) is 4.57. The van der Waals surface area contributed by atoms with Crippen molar-refractivity contribution in [3.63, 3.8) is 0 Å². The average molecular weight is 403 g/mol. The summed E-state index contributed by atoms with van der Waals surface area (Å²) < 4.78 is 7.94. The lowest BCUT2D eigenvalue weighted by atomic mass is 10.1. The molecule has 0 saturated carbocycles. The Morgan fingerprint density at radius 1 is 1.33 bits per heavy atom. The zero-order valence-corrected chi connectivity index (χ0v) is 17.1. The molecule has 0 saturated heterocycles. The fourth-order valence-corrected chi connectivity index (χ4v) is 2.97. The molecule has 0 radical (unpaired) electrons. The molecule has 7 heteroatoms. The molecule has 0 aliphatic rings. The standard InChI is InChI=1S/C23H25N5O2/c1-15(2)28-13-18(12-27-28)17-10-21-20(7-5-9-26-21)22(11-17)30-14-16(3)19(23(25)29)6-4-8-24/h4-13,15H,3,14,24H2,1-2H3,(H2,25,29)/b8-4-,19-6+. The highest BCUT2D eigenvalue weighted by Crippen LogP contribution is 2.32. The average Bonchev–Trinajstić information content (AvgIpc) is 3.22. The number of hydrogen-bond donors (Lipinski definition) is 2. The summed E-state index contributed by atoms with van der Waals surface area (Å²) >= 11 is 0. The third-order valence-electron chi connectivity index (χ3n) is 4.57. The fraction of sp³-hybridized carbons (Fsp3) is 0.174. The maximum Gasteiger partial charge on any atom is 0.249 e. The number of allylic oxidation sites excluding steroid dienone is 2. The molecule has 0 atom stereocenters. The van der Waals surface area contributed by atoms with Crippen molar-refractivity contribution in [3.05, 3.63) is 78.9 Å². The monoisotopic (exact) mass is 403 g/mol. The Kier molecular flexibility index (Phi) is 6.32. The molecule has 0 unspecified atom stereocenters. The lowest BCUT2D eigenvalue weighted by molar-refractivity contribution is -0.114. The van der Waals surface area contributed by atoms with Crippen LogP contribution >= 0.6 is 0 Å². The van der Waals surface area contributed by atoms with E-state index in [0.29, 0.717) is 11.3 Å². The lowest BCUT2D eigenvalue weighted by Crippen LogP contribution is -2.18. The van der Waals surface area contributed by atoms with Crippen LogP contribution in [0.3, 0.4) is 0 Å². The van der Waals surface area contributed by atoms with Gasteiger partial charge < -0.3 is 16.2 Å². The quantitative estimate of drug-likeness (QED) is 0.442. The molecule has 3 rings (SSSR count). The first-order valence-electron chi connectivity index (χ1n) is 9.53. The van der Waals surface area contributed by atoms with Crippen LogP contribution in [0.15, 0.2) is 78.9 Å². The predicted molar refractivity (Wildman–Crippen MR) is 119 cm³/mol. The molecule has 1 amide bonds.